The predicted molar refractivity (Wildman–Crippen MR) is 218 cm³/mol. The highest BCUT2D eigenvalue weighted by Crippen LogP contribution is 2.50. The fourth-order valence-electron chi connectivity index (χ4n) is 7.55. The molecule has 0 saturated heterocycles. The molecule has 0 aliphatic rings. The van der Waals surface area contributed by atoms with Crippen molar-refractivity contribution < 1.29 is 4.42 Å². The number of thiophene rings is 1. The Balaban J connectivity index is 1.29. The summed E-state index contributed by atoms with van der Waals surface area (Å²) in [5, 5.41) is 4.81. The van der Waals surface area contributed by atoms with Crippen LogP contribution in [0.4, 0.5) is 17.1 Å². The van der Waals surface area contributed by atoms with E-state index in [-0.39, 0.29) is 0 Å². The van der Waals surface area contributed by atoms with E-state index in [9.17, 15) is 0 Å². The molecule has 0 unspecified atom stereocenters. The second-order valence-corrected chi connectivity index (χ2v) is 13.9. The number of para-hydroxylation sites is 1. The van der Waals surface area contributed by atoms with Crippen LogP contribution in [0.15, 0.2) is 192 Å². The molecule has 240 valence electrons. The van der Waals surface area contributed by atoms with Crippen LogP contribution in [-0.2, 0) is 0 Å². The Morgan fingerprint density at radius 3 is 1.88 bits per heavy atom. The zero-order valence-electron chi connectivity index (χ0n) is 27.7. The number of furan rings is 1. The Bertz CT molecular complexity index is 2870. The SMILES string of the molecule is c1ccc(-c2cccc(N(c3ccc4c(c3)oc3ccccc34)c3cccc(-c4ccccc4)c3-c3cccc4c3sc3ccccc34)c2)cc1. The fraction of sp³-hybridized carbons (Fsp3) is 0. The topological polar surface area (TPSA) is 16.4 Å². The summed E-state index contributed by atoms with van der Waals surface area (Å²) in [6.07, 6.45) is 0. The van der Waals surface area contributed by atoms with Crippen molar-refractivity contribution in [3.8, 4) is 33.4 Å². The Kier molecular flexibility index (Phi) is 7.04. The highest BCUT2D eigenvalue weighted by molar-refractivity contribution is 7.26. The lowest BCUT2D eigenvalue weighted by Crippen LogP contribution is -2.12. The van der Waals surface area contributed by atoms with Gasteiger partial charge in [0.1, 0.15) is 11.2 Å². The summed E-state index contributed by atoms with van der Waals surface area (Å²) in [6.45, 7) is 0. The van der Waals surface area contributed by atoms with E-state index < -0.39 is 0 Å². The zero-order chi connectivity index (χ0) is 33.7. The van der Waals surface area contributed by atoms with E-state index >= 15 is 0 Å². The summed E-state index contributed by atoms with van der Waals surface area (Å²) in [7, 11) is 0. The van der Waals surface area contributed by atoms with Crippen LogP contribution in [-0.4, -0.2) is 0 Å². The van der Waals surface area contributed by atoms with Crippen molar-refractivity contribution in [3.63, 3.8) is 0 Å². The van der Waals surface area contributed by atoms with Crippen LogP contribution >= 0.6 is 11.3 Å². The maximum atomic E-state index is 6.48. The minimum atomic E-state index is 0.866. The smallest absolute Gasteiger partial charge is 0.137 e. The standard InChI is InChI=1S/C48H31NOS/c1-3-14-32(15-4-1)34-18-11-19-35(30-34)49(36-28-29-39-38-20-7-9-26-44(38)50-45(39)31-36)43-25-13-22-37(33-16-5-2-6-17-33)47(43)42-24-12-23-41-40-21-8-10-27-46(40)51-48(41)42/h1-31H. The predicted octanol–water partition coefficient (Wildman–Crippen LogP) is 14.4. The van der Waals surface area contributed by atoms with Crippen molar-refractivity contribution >= 4 is 70.5 Å². The molecular formula is C48H31NOS. The Labute approximate surface area is 300 Å². The lowest BCUT2D eigenvalue weighted by atomic mass is 9.91. The summed E-state index contributed by atoms with van der Waals surface area (Å²) >= 11 is 1.87. The van der Waals surface area contributed by atoms with Gasteiger partial charge in [0.2, 0.25) is 0 Å². The first-order chi connectivity index (χ1) is 25.3. The van der Waals surface area contributed by atoms with E-state index in [1.54, 1.807) is 0 Å². The van der Waals surface area contributed by atoms with E-state index in [2.05, 4.69) is 181 Å². The molecule has 0 aliphatic heterocycles. The molecular weight excluding hydrogens is 639 g/mol. The average Bonchev–Trinajstić information content (AvgIpc) is 3.77. The van der Waals surface area contributed by atoms with Gasteiger partial charge in [-0.15, -0.1) is 11.3 Å². The highest BCUT2D eigenvalue weighted by atomic mass is 32.1. The van der Waals surface area contributed by atoms with Crippen LogP contribution in [0.2, 0.25) is 0 Å². The molecule has 10 aromatic rings. The van der Waals surface area contributed by atoms with E-state index in [0.717, 1.165) is 44.6 Å². The van der Waals surface area contributed by atoms with Gasteiger partial charge in [0, 0.05) is 59.5 Å². The Hall–Kier alpha value is -6.42. The normalized spacial score (nSPS) is 11.5. The molecule has 0 aliphatic carbocycles. The van der Waals surface area contributed by atoms with Gasteiger partial charge in [-0.25, -0.2) is 0 Å². The minimum Gasteiger partial charge on any atom is -0.456 e. The second kappa shape index (κ2) is 12.2. The Morgan fingerprint density at radius 1 is 0.392 bits per heavy atom. The van der Waals surface area contributed by atoms with Gasteiger partial charge >= 0.3 is 0 Å². The highest BCUT2D eigenvalue weighted by Gasteiger charge is 2.24. The summed E-state index contributed by atoms with van der Waals surface area (Å²) < 4.78 is 9.06. The fourth-order valence-corrected chi connectivity index (χ4v) is 8.77. The van der Waals surface area contributed by atoms with Gasteiger partial charge in [-0.1, -0.05) is 140 Å². The average molecular weight is 670 g/mol. The molecule has 2 aromatic heterocycles. The van der Waals surface area contributed by atoms with E-state index in [1.807, 2.05) is 23.5 Å². The molecule has 2 heterocycles. The number of nitrogens with zero attached hydrogens (tertiary/aromatic N) is 1. The number of fused-ring (bicyclic) bond motifs is 6. The van der Waals surface area contributed by atoms with Crippen molar-refractivity contribution in [3.05, 3.63) is 188 Å². The molecule has 0 atom stereocenters. The number of benzene rings is 8. The molecule has 0 amide bonds. The quantitative estimate of drug-likeness (QED) is 0.175. The number of rotatable bonds is 6. The van der Waals surface area contributed by atoms with Gasteiger partial charge in [-0.2, -0.15) is 0 Å². The zero-order valence-corrected chi connectivity index (χ0v) is 28.5. The van der Waals surface area contributed by atoms with Crippen molar-refractivity contribution in [1.29, 1.82) is 0 Å². The molecule has 51 heavy (non-hydrogen) atoms. The summed E-state index contributed by atoms with van der Waals surface area (Å²) in [6, 6.07) is 67.4. The van der Waals surface area contributed by atoms with Crippen LogP contribution < -0.4 is 4.90 Å². The Morgan fingerprint density at radius 2 is 1.02 bits per heavy atom. The van der Waals surface area contributed by atoms with Gasteiger partial charge in [0.15, 0.2) is 0 Å². The summed E-state index contributed by atoms with van der Waals surface area (Å²) in [5.41, 5.74) is 12.1. The van der Waals surface area contributed by atoms with Gasteiger partial charge in [-0.05, 0) is 64.7 Å². The van der Waals surface area contributed by atoms with Crippen molar-refractivity contribution in [2.45, 2.75) is 0 Å². The first kappa shape index (κ1) is 29.5. The largest absolute Gasteiger partial charge is 0.456 e. The van der Waals surface area contributed by atoms with Crippen LogP contribution in [0.1, 0.15) is 0 Å². The lowest BCUT2D eigenvalue weighted by molar-refractivity contribution is 0.669. The molecule has 8 aromatic carbocycles. The van der Waals surface area contributed by atoms with Crippen LogP contribution in [0.3, 0.4) is 0 Å². The summed E-state index contributed by atoms with van der Waals surface area (Å²) in [5.74, 6) is 0. The molecule has 3 heteroatoms. The van der Waals surface area contributed by atoms with E-state index in [4.69, 9.17) is 4.42 Å². The van der Waals surface area contributed by atoms with Crippen molar-refractivity contribution in [2.24, 2.45) is 0 Å². The van der Waals surface area contributed by atoms with Gasteiger partial charge in [-0.3, -0.25) is 0 Å². The third-order valence-corrected chi connectivity index (χ3v) is 11.1. The molecule has 10 rings (SSSR count). The molecule has 0 fully saturated rings. The number of anilines is 3. The third kappa shape index (κ3) is 5.01. The van der Waals surface area contributed by atoms with Gasteiger partial charge in [0.05, 0.1) is 5.69 Å². The van der Waals surface area contributed by atoms with Crippen LogP contribution in [0, 0.1) is 0 Å². The maximum absolute atomic E-state index is 6.48. The molecule has 0 spiro atoms. The van der Waals surface area contributed by atoms with Gasteiger partial charge < -0.3 is 9.32 Å². The molecule has 2 nitrogen and oxygen atoms in total. The maximum Gasteiger partial charge on any atom is 0.137 e. The monoisotopic (exact) mass is 669 g/mol. The number of hydrogen-bond acceptors (Lipinski definition) is 3. The third-order valence-electron chi connectivity index (χ3n) is 9.87. The van der Waals surface area contributed by atoms with Gasteiger partial charge in [0.25, 0.3) is 0 Å². The first-order valence-electron chi connectivity index (χ1n) is 17.3. The lowest BCUT2D eigenvalue weighted by Gasteiger charge is -2.29. The molecule has 0 radical (unpaired) electrons. The van der Waals surface area contributed by atoms with E-state index in [0.29, 0.717) is 0 Å². The molecule has 0 bridgehead atoms. The summed E-state index contributed by atoms with van der Waals surface area (Å²) in [4.78, 5) is 2.41. The molecule has 0 saturated carbocycles. The molecule has 0 N–H and O–H groups in total. The first-order valence-corrected chi connectivity index (χ1v) is 18.1. The van der Waals surface area contributed by atoms with Crippen molar-refractivity contribution in [1.82, 2.24) is 0 Å². The van der Waals surface area contributed by atoms with Crippen LogP contribution in [0.25, 0.3) is 75.5 Å². The van der Waals surface area contributed by atoms with Crippen LogP contribution in [0.5, 0.6) is 0 Å². The minimum absolute atomic E-state index is 0.866. The van der Waals surface area contributed by atoms with E-state index in [1.165, 1.54) is 48.0 Å². The second-order valence-electron chi connectivity index (χ2n) is 12.9. The number of hydrogen-bond donors (Lipinski definition) is 0. The van der Waals surface area contributed by atoms with Crippen molar-refractivity contribution in [2.75, 3.05) is 4.90 Å².